The number of nitrogen functional groups attached to an aromatic ring is 1. The van der Waals surface area contributed by atoms with Crippen LogP contribution in [-0.4, -0.2) is 23.6 Å². The van der Waals surface area contributed by atoms with E-state index < -0.39 is 5.97 Å². The summed E-state index contributed by atoms with van der Waals surface area (Å²) in [6, 6.07) is 7.51. The Morgan fingerprint density at radius 3 is 2.76 bits per heavy atom. The minimum atomic E-state index is -1.08. The summed E-state index contributed by atoms with van der Waals surface area (Å²) in [6.45, 7) is 0.0416. The maximum Gasteiger partial charge on any atom is 0.335 e. The summed E-state index contributed by atoms with van der Waals surface area (Å²) in [5.41, 5.74) is 5.88. The molecule has 0 spiro atoms. The van der Waals surface area contributed by atoms with Crippen LogP contribution < -0.4 is 15.8 Å². The highest BCUT2D eigenvalue weighted by atomic mass is 16.5. The third kappa shape index (κ3) is 4.00. The molecule has 0 aliphatic heterocycles. The Bertz CT molecular complexity index is 637. The minimum Gasteiger partial charge on any atom is -0.482 e. The van der Waals surface area contributed by atoms with Gasteiger partial charge in [0.25, 0.3) is 5.91 Å². The van der Waals surface area contributed by atoms with Crippen LogP contribution in [0.2, 0.25) is 0 Å². The predicted molar refractivity (Wildman–Crippen MR) is 73.9 cm³/mol. The fourth-order valence-electron chi connectivity index (χ4n) is 1.61. The monoisotopic (exact) mass is 290 g/mol. The largest absolute Gasteiger partial charge is 0.482 e. The number of amides is 1. The van der Waals surface area contributed by atoms with Crippen LogP contribution in [0.5, 0.6) is 5.75 Å². The zero-order valence-corrected chi connectivity index (χ0v) is 11.0. The second kappa shape index (κ2) is 6.47. The van der Waals surface area contributed by atoms with Gasteiger partial charge < -0.3 is 25.3 Å². The number of aromatic carboxylic acids is 1. The summed E-state index contributed by atoms with van der Waals surface area (Å²) in [5.74, 6) is -0.528. The first-order valence-electron chi connectivity index (χ1n) is 6.11. The van der Waals surface area contributed by atoms with Crippen LogP contribution in [0, 0.1) is 0 Å². The van der Waals surface area contributed by atoms with E-state index in [1.807, 2.05) is 0 Å². The van der Waals surface area contributed by atoms with Crippen molar-refractivity contribution in [2.75, 3.05) is 12.3 Å². The molecule has 0 unspecified atom stereocenters. The van der Waals surface area contributed by atoms with Crippen molar-refractivity contribution in [3.8, 4) is 5.75 Å². The highest BCUT2D eigenvalue weighted by Gasteiger charge is 2.09. The van der Waals surface area contributed by atoms with Crippen molar-refractivity contribution in [1.82, 2.24) is 5.32 Å². The van der Waals surface area contributed by atoms with Gasteiger partial charge in [0.1, 0.15) is 11.5 Å². The number of benzene rings is 1. The molecule has 2 aromatic rings. The number of carbonyl (C=O) groups excluding carboxylic acids is 1. The Labute approximate surface area is 120 Å². The van der Waals surface area contributed by atoms with E-state index >= 15 is 0 Å². The molecule has 0 bridgehead atoms. The molecule has 4 N–H and O–H groups in total. The molecule has 0 aliphatic rings. The Kier molecular flexibility index (Phi) is 4.45. The summed E-state index contributed by atoms with van der Waals surface area (Å²) < 4.78 is 10.3. The van der Waals surface area contributed by atoms with Gasteiger partial charge in [-0.15, -0.1) is 0 Å². The lowest BCUT2D eigenvalue weighted by atomic mass is 10.2. The zero-order valence-electron chi connectivity index (χ0n) is 11.0. The van der Waals surface area contributed by atoms with Crippen molar-refractivity contribution in [1.29, 1.82) is 0 Å². The van der Waals surface area contributed by atoms with Crippen LogP contribution in [0.1, 0.15) is 16.1 Å². The molecule has 0 saturated carbocycles. The van der Waals surface area contributed by atoms with Crippen LogP contribution in [-0.2, 0) is 11.3 Å². The molecule has 1 aromatic heterocycles. The molecule has 0 aliphatic carbocycles. The first-order chi connectivity index (χ1) is 10.1. The van der Waals surface area contributed by atoms with Crippen LogP contribution in [0.25, 0.3) is 0 Å². The molecule has 1 amide bonds. The third-order valence-electron chi connectivity index (χ3n) is 2.66. The fraction of sp³-hybridized carbons (Fsp3) is 0.143. The molecule has 1 aromatic carbocycles. The predicted octanol–water partition coefficient (Wildman–Crippen LogP) is 1.26. The third-order valence-corrected chi connectivity index (χ3v) is 2.66. The van der Waals surface area contributed by atoms with Gasteiger partial charge in [-0.1, -0.05) is 0 Å². The molecule has 21 heavy (non-hydrogen) atoms. The lowest BCUT2D eigenvalue weighted by molar-refractivity contribution is -0.123. The highest BCUT2D eigenvalue weighted by Crippen LogP contribution is 2.22. The normalized spacial score (nSPS) is 10.1. The van der Waals surface area contributed by atoms with Gasteiger partial charge >= 0.3 is 5.97 Å². The second-order valence-corrected chi connectivity index (χ2v) is 4.20. The SMILES string of the molecule is Nc1cc(C(=O)O)ccc1OCC(=O)NCc1ccco1. The van der Waals surface area contributed by atoms with E-state index in [0.717, 1.165) is 0 Å². The van der Waals surface area contributed by atoms with Gasteiger partial charge in [-0.25, -0.2) is 4.79 Å². The van der Waals surface area contributed by atoms with Gasteiger partial charge in [-0.2, -0.15) is 0 Å². The van der Waals surface area contributed by atoms with Crippen molar-refractivity contribution in [3.63, 3.8) is 0 Å². The summed E-state index contributed by atoms with van der Waals surface area (Å²) in [4.78, 5) is 22.3. The van der Waals surface area contributed by atoms with Crippen LogP contribution >= 0.6 is 0 Å². The average Bonchev–Trinajstić information content (AvgIpc) is 2.97. The molecule has 0 saturated heterocycles. The number of carbonyl (C=O) groups is 2. The van der Waals surface area contributed by atoms with E-state index in [4.69, 9.17) is 20.0 Å². The summed E-state index contributed by atoms with van der Waals surface area (Å²) in [7, 11) is 0. The lowest BCUT2D eigenvalue weighted by Gasteiger charge is -2.09. The van der Waals surface area contributed by atoms with Crippen LogP contribution in [0.3, 0.4) is 0 Å². The van der Waals surface area contributed by atoms with Crippen LogP contribution in [0.15, 0.2) is 41.0 Å². The second-order valence-electron chi connectivity index (χ2n) is 4.20. The Morgan fingerprint density at radius 1 is 1.33 bits per heavy atom. The molecule has 0 atom stereocenters. The zero-order chi connectivity index (χ0) is 15.2. The molecule has 110 valence electrons. The lowest BCUT2D eigenvalue weighted by Crippen LogP contribution is -2.28. The average molecular weight is 290 g/mol. The number of furan rings is 1. The van der Waals surface area contributed by atoms with E-state index in [1.54, 1.807) is 12.1 Å². The van der Waals surface area contributed by atoms with E-state index in [2.05, 4.69) is 5.32 Å². The van der Waals surface area contributed by atoms with Crippen molar-refractivity contribution in [2.24, 2.45) is 0 Å². The Balaban J connectivity index is 1.85. The van der Waals surface area contributed by atoms with Gasteiger partial charge in [0.2, 0.25) is 0 Å². The number of nitrogens with two attached hydrogens (primary N) is 1. The van der Waals surface area contributed by atoms with Gasteiger partial charge in [0.05, 0.1) is 24.1 Å². The van der Waals surface area contributed by atoms with E-state index in [9.17, 15) is 9.59 Å². The molecule has 7 heteroatoms. The quantitative estimate of drug-likeness (QED) is 0.690. The van der Waals surface area contributed by atoms with Crippen molar-refractivity contribution in [2.45, 2.75) is 6.54 Å². The number of hydrogen-bond acceptors (Lipinski definition) is 5. The number of carboxylic acids is 1. The van der Waals surface area contributed by atoms with Gasteiger partial charge in [0.15, 0.2) is 6.61 Å². The highest BCUT2D eigenvalue weighted by molar-refractivity contribution is 5.89. The minimum absolute atomic E-state index is 0.0575. The van der Waals surface area contributed by atoms with E-state index in [1.165, 1.54) is 24.5 Å². The molecule has 1 heterocycles. The molecule has 7 nitrogen and oxygen atoms in total. The molecule has 0 fully saturated rings. The number of carboxylic acid groups (broad SMARTS) is 1. The maximum absolute atomic E-state index is 11.6. The van der Waals surface area contributed by atoms with Crippen molar-refractivity contribution >= 4 is 17.6 Å². The van der Waals surface area contributed by atoms with E-state index in [-0.39, 0.29) is 36.1 Å². The molecule has 2 rings (SSSR count). The standard InChI is InChI=1S/C14H14N2O5/c15-11-6-9(14(18)19)3-4-12(11)21-8-13(17)16-7-10-2-1-5-20-10/h1-6H,7-8,15H2,(H,16,17)(H,18,19). The van der Waals surface area contributed by atoms with Gasteiger partial charge in [-0.05, 0) is 30.3 Å². The smallest absolute Gasteiger partial charge is 0.335 e. The number of hydrogen-bond donors (Lipinski definition) is 3. The van der Waals surface area contributed by atoms with Crippen LogP contribution in [0.4, 0.5) is 5.69 Å². The van der Waals surface area contributed by atoms with E-state index in [0.29, 0.717) is 5.76 Å². The molecule has 0 radical (unpaired) electrons. The van der Waals surface area contributed by atoms with Crippen molar-refractivity contribution in [3.05, 3.63) is 47.9 Å². The molecular formula is C14H14N2O5. The summed E-state index contributed by atoms with van der Waals surface area (Å²) in [6.07, 6.45) is 1.52. The number of anilines is 1. The topological polar surface area (TPSA) is 115 Å². The Hall–Kier alpha value is -2.96. The maximum atomic E-state index is 11.6. The first-order valence-corrected chi connectivity index (χ1v) is 6.11. The number of nitrogens with one attached hydrogen (secondary N) is 1. The summed E-state index contributed by atoms with van der Waals surface area (Å²) in [5, 5.41) is 11.4. The van der Waals surface area contributed by atoms with Gasteiger partial charge in [-0.3, -0.25) is 4.79 Å². The Morgan fingerprint density at radius 2 is 2.14 bits per heavy atom. The first kappa shape index (κ1) is 14.4. The summed E-state index contributed by atoms with van der Waals surface area (Å²) >= 11 is 0. The fourth-order valence-corrected chi connectivity index (χ4v) is 1.61. The number of ether oxygens (including phenoxy) is 1. The molecular weight excluding hydrogens is 276 g/mol. The number of rotatable bonds is 6. The van der Waals surface area contributed by atoms with Gasteiger partial charge in [0, 0.05) is 0 Å². The van der Waals surface area contributed by atoms with Crippen molar-refractivity contribution < 1.29 is 23.8 Å².